The minimum absolute atomic E-state index is 1.01. The van der Waals surface area contributed by atoms with Crippen LogP contribution < -0.4 is 0 Å². The summed E-state index contributed by atoms with van der Waals surface area (Å²) < 4.78 is 2.18. The molecule has 0 saturated heterocycles. The van der Waals surface area contributed by atoms with Gasteiger partial charge in [-0.1, -0.05) is 0 Å². The lowest BCUT2D eigenvalue weighted by atomic mass is 10.7. The minimum Gasteiger partial charge on any atom is -0.325 e. The van der Waals surface area contributed by atoms with Gasteiger partial charge in [0.15, 0.2) is 0 Å². The molecule has 1 aromatic rings. The average molecular weight is 188 g/mol. The molecule has 0 atom stereocenters. The Morgan fingerprint density at radius 3 is 2.91 bits per heavy atom. The van der Waals surface area contributed by atoms with E-state index in [9.17, 15) is 0 Å². The van der Waals surface area contributed by atoms with Crippen LogP contribution in [-0.2, 0) is 11.6 Å². The predicted octanol–water partition coefficient (Wildman–Crippen LogP) is 2.07. The van der Waals surface area contributed by atoms with Crippen molar-refractivity contribution in [2.24, 2.45) is 0 Å². The van der Waals surface area contributed by atoms with Gasteiger partial charge in [0, 0.05) is 12.4 Å². The molecule has 0 amide bonds. The predicted molar refractivity (Wildman–Crippen MR) is 53.0 cm³/mol. The van der Waals surface area contributed by atoms with Crippen LogP contribution >= 0.6 is 23.5 Å². The monoisotopic (exact) mass is 188 g/mol. The molecular weight excluding hydrogens is 176 g/mol. The zero-order valence-electron chi connectivity index (χ0n) is 6.78. The molecule has 0 aliphatic carbocycles. The third kappa shape index (κ3) is 2.45. The smallest absolute Gasteiger partial charge is 0.119 e. The van der Waals surface area contributed by atoms with Crippen molar-refractivity contribution in [2.75, 3.05) is 12.5 Å². The Kier molecular flexibility index (Phi) is 3.86. The Morgan fingerprint density at radius 1 is 1.45 bits per heavy atom. The molecule has 1 aromatic heterocycles. The molecule has 1 heterocycles. The Labute approximate surface area is 75.8 Å². The summed E-state index contributed by atoms with van der Waals surface area (Å²) in [6.07, 6.45) is 8.09. The summed E-state index contributed by atoms with van der Waals surface area (Å²) in [4.78, 5) is 4.25. The van der Waals surface area contributed by atoms with Gasteiger partial charge >= 0.3 is 0 Å². The summed E-state index contributed by atoms with van der Waals surface area (Å²) in [7, 11) is 0. The van der Waals surface area contributed by atoms with Crippen LogP contribution in [0.4, 0.5) is 0 Å². The summed E-state index contributed by atoms with van der Waals surface area (Å²) >= 11 is 3.62. The summed E-state index contributed by atoms with van der Waals surface area (Å²) in [6.45, 7) is 0. The van der Waals surface area contributed by atoms with Gasteiger partial charge in [-0.2, -0.15) is 11.8 Å². The van der Waals surface area contributed by atoms with E-state index < -0.39 is 0 Å². The van der Waals surface area contributed by atoms with Gasteiger partial charge in [0.1, 0.15) is 5.82 Å². The number of imidazole rings is 1. The first-order valence-corrected chi connectivity index (χ1v) is 6.15. The third-order valence-corrected chi connectivity index (χ3v) is 2.43. The molecular formula is C7H12N2S2. The summed E-state index contributed by atoms with van der Waals surface area (Å²) in [5.41, 5.74) is 0. The van der Waals surface area contributed by atoms with Crippen LogP contribution in [0.2, 0.25) is 0 Å². The van der Waals surface area contributed by atoms with E-state index in [0.717, 1.165) is 11.6 Å². The Balaban J connectivity index is 2.62. The molecule has 2 nitrogen and oxygen atoms in total. The van der Waals surface area contributed by atoms with Crippen LogP contribution in [0.1, 0.15) is 5.82 Å². The number of thioether (sulfide) groups is 2. The maximum absolute atomic E-state index is 4.25. The van der Waals surface area contributed by atoms with Crippen molar-refractivity contribution in [3.63, 3.8) is 0 Å². The van der Waals surface area contributed by atoms with E-state index in [1.807, 2.05) is 24.2 Å². The van der Waals surface area contributed by atoms with Crippen molar-refractivity contribution in [1.82, 2.24) is 9.55 Å². The van der Waals surface area contributed by atoms with E-state index in [1.54, 1.807) is 11.8 Å². The molecule has 0 bridgehead atoms. The molecule has 1 rings (SSSR count). The molecule has 0 aliphatic rings. The van der Waals surface area contributed by atoms with Gasteiger partial charge in [-0.25, -0.2) is 4.98 Å². The van der Waals surface area contributed by atoms with Crippen molar-refractivity contribution >= 4 is 23.5 Å². The lowest BCUT2D eigenvalue weighted by molar-refractivity contribution is 0.832. The molecule has 0 N–H and O–H groups in total. The fourth-order valence-corrected chi connectivity index (χ4v) is 1.88. The molecule has 62 valence electrons. The lowest BCUT2D eigenvalue weighted by Gasteiger charge is -2.02. The topological polar surface area (TPSA) is 17.8 Å². The number of hydrogen-bond donors (Lipinski definition) is 0. The summed E-state index contributed by atoms with van der Waals surface area (Å²) in [5.74, 6) is 3.19. The number of nitrogens with zero attached hydrogens (tertiary/aromatic N) is 2. The Morgan fingerprint density at radius 2 is 2.27 bits per heavy atom. The number of hydrogen-bond acceptors (Lipinski definition) is 3. The second kappa shape index (κ2) is 4.72. The fourth-order valence-electron chi connectivity index (χ4n) is 0.866. The molecule has 0 radical (unpaired) electrons. The van der Waals surface area contributed by atoms with Crippen molar-refractivity contribution in [3.8, 4) is 0 Å². The van der Waals surface area contributed by atoms with Crippen LogP contribution in [0, 0.1) is 0 Å². The summed E-state index contributed by atoms with van der Waals surface area (Å²) in [5, 5.41) is 0. The highest BCUT2D eigenvalue weighted by Crippen LogP contribution is 2.09. The van der Waals surface area contributed by atoms with Crippen LogP contribution in [0.15, 0.2) is 12.4 Å². The molecule has 4 heteroatoms. The molecule has 0 unspecified atom stereocenters. The van der Waals surface area contributed by atoms with Crippen molar-refractivity contribution in [2.45, 2.75) is 11.6 Å². The first kappa shape index (κ1) is 9.00. The molecule has 11 heavy (non-hydrogen) atoms. The normalized spacial score (nSPS) is 10.4. The van der Waals surface area contributed by atoms with Crippen LogP contribution in [-0.4, -0.2) is 22.1 Å². The Bertz CT molecular complexity index is 189. The SMILES string of the molecule is CSCc1nccn1CSC. The standard InChI is InChI=1S/C7H12N2S2/c1-10-5-7-8-3-4-9(7)6-11-2/h3-4H,5-6H2,1-2H3. The summed E-state index contributed by atoms with van der Waals surface area (Å²) in [6, 6.07) is 0. The van der Waals surface area contributed by atoms with Crippen LogP contribution in [0.3, 0.4) is 0 Å². The highest BCUT2D eigenvalue weighted by atomic mass is 32.2. The molecule has 0 aromatic carbocycles. The highest BCUT2D eigenvalue weighted by molar-refractivity contribution is 7.98. The van der Waals surface area contributed by atoms with Gasteiger partial charge in [-0.15, -0.1) is 11.8 Å². The van der Waals surface area contributed by atoms with Gasteiger partial charge in [-0.05, 0) is 12.5 Å². The van der Waals surface area contributed by atoms with Gasteiger partial charge in [0.05, 0.1) is 11.6 Å². The second-order valence-corrected chi connectivity index (χ2v) is 3.87. The first-order chi connectivity index (χ1) is 5.38. The van der Waals surface area contributed by atoms with E-state index in [0.29, 0.717) is 0 Å². The molecule has 0 fully saturated rings. The van der Waals surface area contributed by atoms with Gasteiger partial charge < -0.3 is 4.57 Å². The fraction of sp³-hybridized carbons (Fsp3) is 0.571. The minimum atomic E-state index is 1.01. The highest BCUT2D eigenvalue weighted by Gasteiger charge is 1.99. The maximum Gasteiger partial charge on any atom is 0.119 e. The molecule has 0 saturated carbocycles. The van der Waals surface area contributed by atoms with Gasteiger partial charge in [-0.3, -0.25) is 0 Å². The first-order valence-electron chi connectivity index (χ1n) is 3.36. The second-order valence-electron chi connectivity index (χ2n) is 2.16. The molecule has 0 spiro atoms. The zero-order chi connectivity index (χ0) is 8.10. The van der Waals surface area contributed by atoms with Crippen molar-refractivity contribution in [3.05, 3.63) is 18.2 Å². The number of aromatic nitrogens is 2. The van der Waals surface area contributed by atoms with E-state index in [4.69, 9.17) is 0 Å². The van der Waals surface area contributed by atoms with Gasteiger partial charge in [0.25, 0.3) is 0 Å². The van der Waals surface area contributed by atoms with E-state index >= 15 is 0 Å². The lowest BCUT2D eigenvalue weighted by Crippen LogP contribution is -1.98. The quantitative estimate of drug-likeness (QED) is 0.720. The van der Waals surface area contributed by atoms with E-state index in [1.165, 1.54) is 5.82 Å². The van der Waals surface area contributed by atoms with Crippen LogP contribution in [0.5, 0.6) is 0 Å². The Hall–Kier alpha value is -0.0900. The maximum atomic E-state index is 4.25. The van der Waals surface area contributed by atoms with E-state index in [-0.39, 0.29) is 0 Å². The average Bonchev–Trinajstić information content (AvgIpc) is 2.39. The van der Waals surface area contributed by atoms with E-state index in [2.05, 4.69) is 22.1 Å². The van der Waals surface area contributed by atoms with Crippen molar-refractivity contribution in [1.29, 1.82) is 0 Å². The van der Waals surface area contributed by atoms with Crippen molar-refractivity contribution < 1.29 is 0 Å². The third-order valence-electron chi connectivity index (χ3n) is 1.34. The largest absolute Gasteiger partial charge is 0.325 e. The number of rotatable bonds is 4. The zero-order valence-corrected chi connectivity index (χ0v) is 8.41. The molecule has 0 aliphatic heterocycles. The van der Waals surface area contributed by atoms with Crippen LogP contribution in [0.25, 0.3) is 0 Å². The van der Waals surface area contributed by atoms with Gasteiger partial charge in [0.2, 0.25) is 0 Å².